The zero-order valence-corrected chi connectivity index (χ0v) is 29.7. The molecule has 1 atom stereocenters. The lowest BCUT2D eigenvalue weighted by Gasteiger charge is -2.15. The highest BCUT2D eigenvalue weighted by Gasteiger charge is 2.13. The van der Waals surface area contributed by atoms with E-state index in [2.05, 4.69) is 98.8 Å². The van der Waals surface area contributed by atoms with Gasteiger partial charge in [0.2, 0.25) is 0 Å². The molecule has 0 rings (SSSR count). The van der Waals surface area contributed by atoms with Crippen LogP contribution >= 0.6 is 0 Å². The molecule has 0 aliphatic rings. The van der Waals surface area contributed by atoms with Crippen molar-refractivity contribution >= 4 is 6.16 Å². The molecule has 4 nitrogen and oxygen atoms in total. The molecule has 0 aromatic heterocycles. The van der Waals surface area contributed by atoms with Gasteiger partial charge >= 0.3 is 6.16 Å². The highest BCUT2D eigenvalue weighted by Crippen LogP contribution is 2.17. The van der Waals surface area contributed by atoms with Crippen LogP contribution in [-0.4, -0.2) is 42.9 Å². The molecular weight excluding hydrogens is 554 g/mol. The van der Waals surface area contributed by atoms with Crippen LogP contribution in [0.2, 0.25) is 0 Å². The topological polar surface area (TPSA) is 49.8 Å². The standard InChI is InChI=1S/C41H71NO3/c1-4-5-6-7-8-9-10-11-16-19-22-25-28-31-34-37-40(45-41(43)44)38-35-32-29-26-23-20-17-14-12-13-15-18-21-24-27-30-33-36-39-42(2)3/h5-6,8-9,11,13-17,21,24,40H,4,7,10,12,18-20,22-23,25-39H2,1-3H3,(H,43,44)/b6-5-,9-8-,15-13-,16-11-,17-14-,24-21-. The van der Waals surface area contributed by atoms with Crippen molar-refractivity contribution in [2.75, 3.05) is 20.6 Å². The van der Waals surface area contributed by atoms with E-state index in [1.165, 1.54) is 70.8 Å². The van der Waals surface area contributed by atoms with Crippen molar-refractivity contribution in [3.8, 4) is 0 Å². The summed E-state index contributed by atoms with van der Waals surface area (Å²) in [5.41, 5.74) is 0. The maximum atomic E-state index is 11.1. The lowest BCUT2D eigenvalue weighted by molar-refractivity contribution is 0.0422. The molecule has 1 N–H and O–H groups in total. The van der Waals surface area contributed by atoms with Gasteiger partial charge in [-0.15, -0.1) is 0 Å². The number of ether oxygens (including phenoxy) is 1. The van der Waals surface area contributed by atoms with Gasteiger partial charge in [-0.2, -0.15) is 0 Å². The summed E-state index contributed by atoms with van der Waals surface area (Å²) < 4.78 is 5.19. The highest BCUT2D eigenvalue weighted by atomic mass is 16.7. The second-order valence-electron chi connectivity index (χ2n) is 12.5. The van der Waals surface area contributed by atoms with E-state index in [-0.39, 0.29) is 6.10 Å². The number of hydrogen-bond acceptors (Lipinski definition) is 3. The van der Waals surface area contributed by atoms with E-state index in [4.69, 9.17) is 9.84 Å². The summed E-state index contributed by atoms with van der Waals surface area (Å²) in [6, 6.07) is 0. The molecule has 0 spiro atoms. The average molecular weight is 626 g/mol. The summed E-state index contributed by atoms with van der Waals surface area (Å²) in [7, 11) is 4.28. The highest BCUT2D eigenvalue weighted by molar-refractivity contribution is 5.57. The molecule has 0 bridgehead atoms. The maximum absolute atomic E-state index is 11.1. The second kappa shape index (κ2) is 36.1. The van der Waals surface area contributed by atoms with Crippen molar-refractivity contribution in [1.29, 1.82) is 0 Å². The van der Waals surface area contributed by atoms with Gasteiger partial charge in [-0.3, -0.25) is 0 Å². The summed E-state index contributed by atoms with van der Waals surface area (Å²) in [6.45, 7) is 3.36. The van der Waals surface area contributed by atoms with Gasteiger partial charge in [0.1, 0.15) is 6.10 Å². The summed E-state index contributed by atoms with van der Waals surface area (Å²) >= 11 is 0. The van der Waals surface area contributed by atoms with Crippen molar-refractivity contribution in [3.63, 3.8) is 0 Å². The zero-order valence-electron chi connectivity index (χ0n) is 29.7. The Morgan fingerprint density at radius 2 is 0.889 bits per heavy atom. The molecule has 0 saturated carbocycles. The minimum atomic E-state index is -1.13. The Morgan fingerprint density at radius 1 is 0.533 bits per heavy atom. The van der Waals surface area contributed by atoms with E-state index in [1.807, 2.05) is 0 Å². The first-order chi connectivity index (χ1) is 22.1. The molecule has 4 heteroatoms. The molecule has 45 heavy (non-hydrogen) atoms. The van der Waals surface area contributed by atoms with Gasteiger partial charge in [0.05, 0.1) is 0 Å². The Kier molecular flexibility index (Phi) is 34.3. The maximum Gasteiger partial charge on any atom is 0.506 e. The van der Waals surface area contributed by atoms with Crippen molar-refractivity contribution in [2.45, 2.75) is 161 Å². The van der Waals surface area contributed by atoms with Gasteiger partial charge in [-0.1, -0.05) is 125 Å². The predicted molar refractivity (Wildman–Crippen MR) is 198 cm³/mol. The van der Waals surface area contributed by atoms with E-state index in [0.717, 1.165) is 83.5 Å². The van der Waals surface area contributed by atoms with Gasteiger partial charge in [0.25, 0.3) is 0 Å². The monoisotopic (exact) mass is 626 g/mol. The molecule has 0 saturated heterocycles. The van der Waals surface area contributed by atoms with Crippen LogP contribution in [0.4, 0.5) is 4.79 Å². The van der Waals surface area contributed by atoms with E-state index >= 15 is 0 Å². The van der Waals surface area contributed by atoms with Crippen molar-refractivity contribution in [1.82, 2.24) is 4.90 Å². The van der Waals surface area contributed by atoms with Crippen LogP contribution in [0.25, 0.3) is 0 Å². The second-order valence-corrected chi connectivity index (χ2v) is 12.5. The number of carboxylic acid groups (broad SMARTS) is 1. The lowest BCUT2D eigenvalue weighted by atomic mass is 10.0. The Hall–Kier alpha value is -2.33. The fraction of sp³-hybridized carbons (Fsp3) is 0.683. The molecule has 0 aromatic carbocycles. The third-order valence-electron chi connectivity index (χ3n) is 7.86. The Bertz CT molecular complexity index is 806. The summed E-state index contributed by atoms with van der Waals surface area (Å²) in [5, 5.41) is 9.13. The molecule has 0 fully saturated rings. The molecule has 0 aromatic rings. The number of nitrogens with zero attached hydrogens (tertiary/aromatic N) is 1. The van der Waals surface area contributed by atoms with Crippen LogP contribution in [0, 0.1) is 0 Å². The van der Waals surface area contributed by atoms with E-state index in [0.29, 0.717) is 0 Å². The van der Waals surface area contributed by atoms with E-state index in [1.54, 1.807) is 0 Å². The largest absolute Gasteiger partial charge is 0.506 e. The molecule has 258 valence electrons. The molecule has 0 amide bonds. The SMILES string of the molecule is CC/C=C\C/C=C\C/C=C\CCCCCCCC(CCCCCCC/C=C\C/C=C\C/C=C\CCCCCN(C)C)OC(=O)O. The number of unbranched alkanes of at least 4 members (excludes halogenated alkanes) is 13. The van der Waals surface area contributed by atoms with Crippen LogP contribution < -0.4 is 0 Å². The summed E-state index contributed by atoms with van der Waals surface area (Å²) in [5.74, 6) is 0. The molecule has 0 aliphatic carbocycles. The van der Waals surface area contributed by atoms with Gasteiger partial charge in [-0.25, -0.2) is 4.79 Å². The van der Waals surface area contributed by atoms with Gasteiger partial charge in [-0.05, 0) is 123 Å². The first kappa shape index (κ1) is 42.7. The van der Waals surface area contributed by atoms with Crippen molar-refractivity contribution < 1.29 is 14.6 Å². The summed E-state index contributed by atoms with van der Waals surface area (Å²) in [4.78, 5) is 13.4. The number of allylic oxidation sites excluding steroid dienone is 12. The van der Waals surface area contributed by atoms with Crippen molar-refractivity contribution in [3.05, 3.63) is 72.9 Å². The smallest absolute Gasteiger partial charge is 0.450 e. The van der Waals surface area contributed by atoms with Crippen LogP contribution in [0.1, 0.15) is 155 Å². The first-order valence-electron chi connectivity index (χ1n) is 18.5. The van der Waals surface area contributed by atoms with Crippen LogP contribution in [0.5, 0.6) is 0 Å². The third-order valence-corrected chi connectivity index (χ3v) is 7.86. The Balaban J connectivity index is 3.67. The predicted octanol–water partition coefficient (Wildman–Crippen LogP) is 12.9. The molecule has 0 heterocycles. The van der Waals surface area contributed by atoms with Gasteiger partial charge in [0.15, 0.2) is 0 Å². The zero-order chi connectivity index (χ0) is 32.9. The van der Waals surface area contributed by atoms with Crippen molar-refractivity contribution in [2.24, 2.45) is 0 Å². The van der Waals surface area contributed by atoms with Crippen LogP contribution in [-0.2, 0) is 4.74 Å². The van der Waals surface area contributed by atoms with Crippen LogP contribution in [0.3, 0.4) is 0 Å². The van der Waals surface area contributed by atoms with Crippen LogP contribution in [0.15, 0.2) is 72.9 Å². The minimum Gasteiger partial charge on any atom is -0.450 e. The summed E-state index contributed by atoms with van der Waals surface area (Å²) in [6.07, 6.45) is 52.1. The number of carbonyl (C=O) groups is 1. The fourth-order valence-electron chi connectivity index (χ4n) is 5.21. The Morgan fingerprint density at radius 3 is 1.29 bits per heavy atom. The molecule has 0 aliphatic heterocycles. The average Bonchev–Trinajstić information content (AvgIpc) is 3.01. The first-order valence-corrected chi connectivity index (χ1v) is 18.5. The van der Waals surface area contributed by atoms with Gasteiger partial charge in [0, 0.05) is 0 Å². The molecule has 1 unspecified atom stereocenters. The third kappa shape index (κ3) is 37.8. The molecule has 0 radical (unpaired) electrons. The van der Waals surface area contributed by atoms with E-state index < -0.39 is 6.16 Å². The Labute approximate surface area is 279 Å². The fourth-order valence-corrected chi connectivity index (χ4v) is 5.21. The number of rotatable bonds is 32. The van der Waals surface area contributed by atoms with E-state index in [9.17, 15) is 4.79 Å². The normalized spacial score (nSPS) is 13.3. The molecular formula is C41H71NO3. The quantitative estimate of drug-likeness (QED) is 0.0459. The minimum absolute atomic E-state index is 0.138. The van der Waals surface area contributed by atoms with Gasteiger partial charge < -0.3 is 14.7 Å². The lowest BCUT2D eigenvalue weighted by Crippen LogP contribution is -2.16. The number of hydrogen-bond donors (Lipinski definition) is 1.